The molecule has 1 aromatic heterocycles. The van der Waals surface area contributed by atoms with Gasteiger partial charge in [0.05, 0.1) is 11.9 Å². The SMILES string of the molecule is Cc1cccc(-n2cc(CN(C)C(=O)C(O)COc3ccccc3C)cn2)c1. The van der Waals surface area contributed by atoms with Gasteiger partial charge in [-0.25, -0.2) is 4.68 Å². The number of hydrogen-bond acceptors (Lipinski definition) is 4. The monoisotopic (exact) mass is 379 g/mol. The van der Waals surface area contributed by atoms with E-state index in [1.54, 1.807) is 17.9 Å². The zero-order valence-electron chi connectivity index (χ0n) is 16.4. The van der Waals surface area contributed by atoms with E-state index in [2.05, 4.69) is 5.10 Å². The number of hydrogen-bond donors (Lipinski definition) is 1. The van der Waals surface area contributed by atoms with Crippen molar-refractivity contribution in [3.63, 3.8) is 0 Å². The molecule has 146 valence electrons. The van der Waals surface area contributed by atoms with Gasteiger partial charge < -0.3 is 14.7 Å². The number of amides is 1. The standard InChI is InChI=1S/C22H25N3O3/c1-16-7-6-9-19(11-16)25-14-18(12-23-25)13-24(3)22(27)20(26)15-28-21-10-5-4-8-17(21)2/h4-12,14,20,26H,13,15H2,1-3H3. The molecule has 0 bridgehead atoms. The van der Waals surface area contributed by atoms with Gasteiger partial charge in [-0.1, -0.05) is 30.3 Å². The second-order valence-corrected chi connectivity index (χ2v) is 6.92. The van der Waals surface area contributed by atoms with Crippen LogP contribution in [-0.2, 0) is 11.3 Å². The predicted octanol–water partition coefficient (Wildman–Crippen LogP) is 2.89. The molecule has 0 aliphatic rings. The normalized spacial score (nSPS) is 11.9. The van der Waals surface area contributed by atoms with Crippen LogP contribution in [0.25, 0.3) is 5.69 Å². The van der Waals surface area contributed by atoms with Crippen molar-refractivity contribution in [1.82, 2.24) is 14.7 Å². The molecule has 0 saturated heterocycles. The molecule has 0 aliphatic carbocycles. The van der Waals surface area contributed by atoms with Gasteiger partial charge in [-0.15, -0.1) is 0 Å². The lowest BCUT2D eigenvalue weighted by atomic mass is 10.2. The van der Waals surface area contributed by atoms with Crippen LogP contribution in [0, 0.1) is 13.8 Å². The topological polar surface area (TPSA) is 67.6 Å². The van der Waals surface area contributed by atoms with Crippen molar-refractivity contribution in [1.29, 1.82) is 0 Å². The van der Waals surface area contributed by atoms with Crippen LogP contribution in [-0.4, -0.2) is 45.5 Å². The van der Waals surface area contributed by atoms with Gasteiger partial charge in [-0.2, -0.15) is 5.10 Å². The molecule has 0 aliphatic heterocycles. The van der Waals surface area contributed by atoms with Crippen molar-refractivity contribution < 1.29 is 14.6 Å². The minimum absolute atomic E-state index is 0.0867. The fourth-order valence-electron chi connectivity index (χ4n) is 2.92. The highest BCUT2D eigenvalue weighted by molar-refractivity contribution is 5.80. The summed E-state index contributed by atoms with van der Waals surface area (Å²) in [7, 11) is 1.66. The summed E-state index contributed by atoms with van der Waals surface area (Å²) in [5.74, 6) is 0.272. The minimum atomic E-state index is -1.23. The van der Waals surface area contributed by atoms with E-state index in [0.29, 0.717) is 12.3 Å². The molecular weight excluding hydrogens is 354 g/mol. The molecule has 28 heavy (non-hydrogen) atoms. The Kier molecular flexibility index (Phi) is 6.11. The van der Waals surface area contributed by atoms with Crippen LogP contribution < -0.4 is 4.74 Å². The van der Waals surface area contributed by atoms with Crippen molar-refractivity contribution >= 4 is 5.91 Å². The Labute approximate surface area is 165 Å². The Bertz CT molecular complexity index is 951. The molecule has 0 spiro atoms. The Morgan fingerprint density at radius 2 is 2.00 bits per heavy atom. The van der Waals surface area contributed by atoms with Crippen molar-refractivity contribution in [2.24, 2.45) is 0 Å². The second-order valence-electron chi connectivity index (χ2n) is 6.92. The summed E-state index contributed by atoms with van der Waals surface area (Å²) in [6, 6.07) is 15.5. The number of aryl methyl sites for hydroxylation is 2. The first-order valence-corrected chi connectivity index (χ1v) is 9.16. The van der Waals surface area contributed by atoms with Crippen molar-refractivity contribution in [2.75, 3.05) is 13.7 Å². The Hall–Kier alpha value is -3.12. The number of aliphatic hydroxyl groups excluding tert-OH is 1. The molecular formula is C22H25N3O3. The van der Waals surface area contributed by atoms with E-state index in [0.717, 1.165) is 22.4 Å². The molecule has 6 nitrogen and oxygen atoms in total. The summed E-state index contributed by atoms with van der Waals surface area (Å²) < 4.78 is 7.36. The van der Waals surface area contributed by atoms with Crippen molar-refractivity contribution in [3.05, 3.63) is 77.6 Å². The number of ether oxygens (including phenoxy) is 1. The summed E-state index contributed by atoms with van der Waals surface area (Å²) in [4.78, 5) is 13.9. The predicted molar refractivity (Wildman–Crippen MR) is 107 cm³/mol. The largest absolute Gasteiger partial charge is 0.490 e. The first-order valence-electron chi connectivity index (χ1n) is 9.16. The van der Waals surface area contributed by atoms with E-state index in [9.17, 15) is 9.90 Å². The summed E-state index contributed by atoms with van der Waals surface area (Å²) in [6.45, 7) is 4.21. The summed E-state index contributed by atoms with van der Waals surface area (Å²) >= 11 is 0. The molecule has 1 amide bonds. The minimum Gasteiger partial charge on any atom is -0.490 e. The van der Waals surface area contributed by atoms with Crippen LogP contribution in [0.2, 0.25) is 0 Å². The number of nitrogens with zero attached hydrogens (tertiary/aromatic N) is 3. The number of aromatic nitrogens is 2. The maximum absolute atomic E-state index is 12.4. The lowest BCUT2D eigenvalue weighted by molar-refractivity contribution is -0.140. The van der Waals surface area contributed by atoms with Gasteiger partial charge in [0.1, 0.15) is 12.4 Å². The summed E-state index contributed by atoms with van der Waals surface area (Å²) in [5, 5.41) is 14.6. The molecule has 3 aromatic rings. The van der Waals surface area contributed by atoms with Crippen molar-refractivity contribution in [2.45, 2.75) is 26.5 Å². The first kappa shape index (κ1) is 19.6. The van der Waals surface area contributed by atoms with Gasteiger partial charge in [0.15, 0.2) is 6.10 Å². The van der Waals surface area contributed by atoms with Crippen molar-refractivity contribution in [3.8, 4) is 11.4 Å². The Balaban J connectivity index is 1.57. The maximum atomic E-state index is 12.4. The maximum Gasteiger partial charge on any atom is 0.255 e. The molecule has 1 atom stereocenters. The quantitative estimate of drug-likeness (QED) is 0.685. The number of para-hydroxylation sites is 1. The van der Waals surface area contributed by atoms with Crippen LogP contribution >= 0.6 is 0 Å². The highest BCUT2D eigenvalue weighted by atomic mass is 16.5. The van der Waals surface area contributed by atoms with Crippen LogP contribution in [0.5, 0.6) is 5.75 Å². The van der Waals surface area contributed by atoms with Gasteiger partial charge >= 0.3 is 0 Å². The van der Waals surface area contributed by atoms with E-state index < -0.39 is 12.0 Å². The average Bonchev–Trinajstić information content (AvgIpc) is 3.15. The van der Waals surface area contributed by atoms with Gasteiger partial charge in [0, 0.05) is 25.4 Å². The molecule has 3 rings (SSSR count). The average molecular weight is 379 g/mol. The molecule has 1 unspecified atom stereocenters. The van der Waals surface area contributed by atoms with Crippen LogP contribution in [0.1, 0.15) is 16.7 Å². The third kappa shape index (κ3) is 4.78. The number of benzene rings is 2. The lowest BCUT2D eigenvalue weighted by Gasteiger charge is -2.20. The molecule has 1 N–H and O–H groups in total. The number of carbonyl (C=O) groups is 1. The van der Waals surface area contributed by atoms with Gasteiger partial charge in [0.25, 0.3) is 5.91 Å². The third-order valence-corrected chi connectivity index (χ3v) is 4.47. The van der Waals surface area contributed by atoms with E-state index >= 15 is 0 Å². The Morgan fingerprint density at radius 3 is 2.75 bits per heavy atom. The van der Waals surface area contributed by atoms with Gasteiger partial charge in [-0.05, 0) is 43.2 Å². The van der Waals surface area contributed by atoms with Gasteiger partial charge in [-0.3, -0.25) is 4.79 Å². The zero-order valence-corrected chi connectivity index (χ0v) is 16.4. The third-order valence-electron chi connectivity index (χ3n) is 4.47. The number of rotatable bonds is 7. The fraction of sp³-hybridized carbons (Fsp3) is 0.273. The summed E-state index contributed by atoms with van der Waals surface area (Å²) in [5.41, 5.74) is 3.95. The fourth-order valence-corrected chi connectivity index (χ4v) is 2.92. The van der Waals surface area contributed by atoms with Gasteiger partial charge in [0.2, 0.25) is 0 Å². The highest BCUT2D eigenvalue weighted by Gasteiger charge is 2.21. The Morgan fingerprint density at radius 1 is 1.21 bits per heavy atom. The van der Waals surface area contributed by atoms with Crippen LogP contribution in [0.3, 0.4) is 0 Å². The molecule has 0 radical (unpaired) electrons. The first-order chi connectivity index (χ1) is 13.4. The van der Waals surface area contributed by atoms with E-state index in [-0.39, 0.29) is 6.61 Å². The number of aliphatic hydroxyl groups is 1. The molecule has 1 heterocycles. The van der Waals surface area contributed by atoms with Crippen LogP contribution in [0.4, 0.5) is 0 Å². The molecule has 6 heteroatoms. The second kappa shape index (κ2) is 8.71. The number of carbonyl (C=O) groups excluding carboxylic acids is 1. The van der Waals surface area contributed by atoms with E-state index in [1.165, 1.54) is 4.90 Å². The smallest absolute Gasteiger partial charge is 0.255 e. The highest BCUT2D eigenvalue weighted by Crippen LogP contribution is 2.17. The van der Waals surface area contributed by atoms with Crippen LogP contribution in [0.15, 0.2) is 60.9 Å². The molecule has 0 fully saturated rings. The van der Waals surface area contributed by atoms with E-state index in [4.69, 9.17) is 4.74 Å². The lowest BCUT2D eigenvalue weighted by Crippen LogP contribution is -2.39. The molecule has 0 saturated carbocycles. The zero-order chi connectivity index (χ0) is 20.1. The van der Waals surface area contributed by atoms with E-state index in [1.807, 2.05) is 68.6 Å². The molecule has 2 aromatic carbocycles. The number of likely N-dealkylation sites (N-methyl/N-ethyl adjacent to an activating group) is 1. The summed E-state index contributed by atoms with van der Waals surface area (Å²) in [6.07, 6.45) is 2.38.